The molecule has 0 bridgehead atoms. The minimum absolute atomic E-state index is 0.115. The number of aromatic amines is 1. The van der Waals surface area contributed by atoms with Gasteiger partial charge in [0.1, 0.15) is 6.61 Å². The van der Waals surface area contributed by atoms with E-state index < -0.39 is 0 Å². The van der Waals surface area contributed by atoms with Gasteiger partial charge in [0.15, 0.2) is 17.2 Å². The molecule has 0 atom stereocenters. The average molecular weight is 492 g/mol. The lowest BCUT2D eigenvalue weighted by Crippen LogP contribution is -2.39. The maximum atomic E-state index is 13.5. The second-order valence-electron chi connectivity index (χ2n) is 9.20. The molecule has 1 aliphatic heterocycles. The Kier molecular flexibility index (Phi) is 7.24. The van der Waals surface area contributed by atoms with E-state index in [0.29, 0.717) is 35.0 Å². The van der Waals surface area contributed by atoms with Gasteiger partial charge in [0.05, 0.1) is 32.0 Å². The number of fused-ring (bicyclic) bond motifs is 1. The molecule has 2 heterocycles. The number of benzene rings is 2. The number of carbonyl (C=O) groups is 1. The number of aryl methyl sites for hydroxylation is 2. The predicted molar refractivity (Wildman–Crippen MR) is 141 cm³/mol. The van der Waals surface area contributed by atoms with Crippen molar-refractivity contribution in [3.8, 4) is 28.4 Å². The van der Waals surface area contributed by atoms with Crippen LogP contribution in [0.3, 0.4) is 0 Å². The lowest BCUT2D eigenvalue weighted by Gasteiger charge is -2.35. The number of pyridine rings is 1. The van der Waals surface area contributed by atoms with Crippen LogP contribution in [-0.2, 0) is 6.54 Å². The molecule has 0 spiro atoms. The first-order valence-electron chi connectivity index (χ1n) is 12.0. The number of ether oxygens (including phenoxy) is 3. The third-order valence-corrected chi connectivity index (χ3v) is 6.46. The van der Waals surface area contributed by atoms with E-state index in [1.54, 1.807) is 14.2 Å². The van der Waals surface area contributed by atoms with E-state index in [1.165, 1.54) is 0 Å². The van der Waals surface area contributed by atoms with Crippen molar-refractivity contribution in [2.24, 2.45) is 0 Å². The van der Waals surface area contributed by atoms with Crippen LogP contribution in [0, 0.1) is 13.8 Å². The van der Waals surface area contributed by atoms with Gasteiger partial charge in [-0.25, -0.2) is 0 Å². The van der Waals surface area contributed by atoms with Gasteiger partial charge in [-0.15, -0.1) is 0 Å². The highest BCUT2D eigenvalue weighted by Crippen LogP contribution is 2.41. The molecule has 36 heavy (non-hydrogen) atoms. The van der Waals surface area contributed by atoms with Crippen LogP contribution >= 0.6 is 0 Å². The quantitative estimate of drug-likeness (QED) is 0.514. The lowest BCUT2D eigenvalue weighted by atomic mass is 9.98. The molecular formula is C28H33N3O5. The smallest absolute Gasteiger partial charge is 0.255 e. The molecular weight excluding hydrogens is 458 g/mol. The second-order valence-corrected chi connectivity index (χ2v) is 9.20. The van der Waals surface area contributed by atoms with Crippen LogP contribution in [-0.4, -0.2) is 44.3 Å². The van der Waals surface area contributed by atoms with Crippen molar-refractivity contribution in [2.75, 3.05) is 32.3 Å². The Morgan fingerprint density at radius 1 is 1.08 bits per heavy atom. The molecule has 0 fully saturated rings. The molecule has 3 aromatic rings. The lowest BCUT2D eigenvalue weighted by molar-refractivity contribution is 0.0946. The molecule has 4 rings (SSSR count). The number of nitrogens with zero attached hydrogens (tertiary/aromatic N) is 1. The Labute approximate surface area is 211 Å². The standard InChI is InChI=1S/C28H33N3O5/c1-16(2)31-9-10-36-26-21(27(32)29-15-22-17(3)11-18(4)30-28(22)33)12-20(13-23(26)31)19-7-8-24(34-5)25(14-19)35-6/h7-8,11-14,16H,9-10,15H2,1-6H3,(H,29,32)(H,30,33). The van der Waals surface area contributed by atoms with E-state index in [1.807, 2.05) is 50.2 Å². The fraction of sp³-hybridized carbons (Fsp3) is 0.357. The summed E-state index contributed by atoms with van der Waals surface area (Å²) in [6.45, 7) is 9.25. The Morgan fingerprint density at radius 2 is 1.83 bits per heavy atom. The third kappa shape index (κ3) is 4.89. The third-order valence-electron chi connectivity index (χ3n) is 6.46. The van der Waals surface area contributed by atoms with E-state index in [-0.39, 0.29) is 24.1 Å². The van der Waals surface area contributed by atoms with E-state index in [0.717, 1.165) is 34.6 Å². The van der Waals surface area contributed by atoms with E-state index in [2.05, 4.69) is 29.0 Å². The number of rotatable bonds is 7. The molecule has 0 unspecified atom stereocenters. The van der Waals surface area contributed by atoms with Crippen molar-refractivity contribution in [1.29, 1.82) is 0 Å². The van der Waals surface area contributed by atoms with Crippen molar-refractivity contribution in [3.63, 3.8) is 0 Å². The van der Waals surface area contributed by atoms with Gasteiger partial charge in [0.2, 0.25) is 0 Å². The van der Waals surface area contributed by atoms with E-state index in [4.69, 9.17) is 14.2 Å². The normalized spacial score (nSPS) is 12.7. The van der Waals surface area contributed by atoms with Crippen molar-refractivity contribution in [3.05, 3.63) is 69.1 Å². The zero-order valence-electron chi connectivity index (χ0n) is 21.7. The number of nitrogens with one attached hydrogen (secondary N) is 2. The van der Waals surface area contributed by atoms with Gasteiger partial charge in [0, 0.05) is 23.8 Å². The summed E-state index contributed by atoms with van der Waals surface area (Å²) in [5.74, 6) is 1.47. The van der Waals surface area contributed by atoms with Crippen LogP contribution in [0.2, 0.25) is 0 Å². The number of hydrogen-bond acceptors (Lipinski definition) is 6. The summed E-state index contributed by atoms with van der Waals surface area (Å²) in [6.07, 6.45) is 0. The number of hydrogen-bond donors (Lipinski definition) is 2. The molecule has 0 radical (unpaired) electrons. The zero-order valence-corrected chi connectivity index (χ0v) is 21.7. The maximum absolute atomic E-state index is 13.5. The molecule has 190 valence electrons. The van der Waals surface area contributed by atoms with Crippen LogP contribution in [0.1, 0.15) is 41.0 Å². The molecule has 1 amide bonds. The largest absolute Gasteiger partial charge is 0.493 e. The van der Waals surface area contributed by atoms with Gasteiger partial charge in [-0.1, -0.05) is 6.07 Å². The highest BCUT2D eigenvalue weighted by molar-refractivity contribution is 6.01. The average Bonchev–Trinajstić information content (AvgIpc) is 2.86. The Hall–Kier alpha value is -3.94. The van der Waals surface area contributed by atoms with Gasteiger partial charge in [-0.2, -0.15) is 0 Å². The molecule has 0 saturated carbocycles. The number of aromatic nitrogens is 1. The van der Waals surface area contributed by atoms with Crippen molar-refractivity contribution in [2.45, 2.75) is 40.3 Å². The SMILES string of the molecule is COc1ccc(-c2cc(C(=O)NCc3c(C)cc(C)[nH]c3=O)c3c(c2)N(C(C)C)CCO3)cc1OC. The van der Waals surface area contributed by atoms with Gasteiger partial charge in [-0.3, -0.25) is 9.59 Å². The molecule has 0 aliphatic carbocycles. The maximum Gasteiger partial charge on any atom is 0.255 e. The summed E-state index contributed by atoms with van der Waals surface area (Å²) >= 11 is 0. The van der Waals surface area contributed by atoms with Crippen molar-refractivity contribution < 1.29 is 19.0 Å². The number of carbonyl (C=O) groups excluding carboxylic acids is 1. The number of H-pyrrole nitrogens is 1. The van der Waals surface area contributed by atoms with Crippen molar-refractivity contribution >= 4 is 11.6 Å². The van der Waals surface area contributed by atoms with Gasteiger partial charge in [0.25, 0.3) is 11.5 Å². The fourth-order valence-corrected chi connectivity index (χ4v) is 4.60. The number of anilines is 1. The Bertz CT molecular complexity index is 1350. The minimum Gasteiger partial charge on any atom is -0.493 e. The summed E-state index contributed by atoms with van der Waals surface area (Å²) < 4.78 is 16.9. The fourth-order valence-electron chi connectivity index (χ4n) is 4.60. The van der Waals surface area contributed by atoms with Gasteiger partial charge >= 0.3 is 0 Å². The molecule has 0 saturated heterocycles. The zero-order chi connectivity index (χ0) is 26.0. The monoisotopic (exact) mass is 491 g/mol. The highest BCUT2D eigenvalue weighted by atomic mass is 16.5. The van der Waals surface area contributed by atoms with Gasteiger partial charge < -0.3 is 29.4 Å². The van der Waals surface area contributed by atoms with Crippen LogP contribution in [0.15, 0.2) is 41.2 Å². The van der Waals surface area contributed by atoms with E-state index >= 15 is 0 Å². The van der Waals surface area contributed by atoms with Crippen LogP contribution in [0.5, 0.6) is 17.2 Å². The topological polar surface area (TPSA) is 92.9 Å². The summed E-state index contributed by atoms with van der Waals surface area (Å²) in [5.41, 5.74) is 4.96. The molecule has 2 aromatic carbocycles. The molecule has 1 aliphatic rings. The molecule has 8 heteroatoms. The summed E-state index contributed by atoms with van der Waals surface area (Å²) in [7, 11) is 3.19. The predicted octanol–water partition coefficient (Wildman–Crippen LogP) is 4.21. The summed E-state index contributed by atoms with van der Waals surface area (Å²) in [4.78, 5) is 31.0. The molecule has 2 N–H and O–H groups in total. The molecule has 1 aromatic heterocycles. The van der Waals surface area contributed by atoms with Crippen molar-refractivity contribution in [1.82, 2.24) is 10.3 Å². The molecule has 8 nitrogen and oxygen atoms in total. The Morgan fingerprint density at radius 3 is 2.50 bits per heavy atom. The van der Waals surface area contributed by atoms with Gasteiger partial charge in [-0.05, 0) is 74.7 Å². The first-order valence-corrected chi connectivity index (χ1v) is 12.0. The van der Waals surface area contributed by atoms with Crippen LogP contribution in [0.4, 0.5) is 5.69 Å². The first kappa shape index (κ1) is 25.2. The van der Waals surface area contributed by atoms with Crippen LogP contribution in [0.25, 0.3) is 11.1 Å². The summed E-state index contributed by atoms with van der Waals surface area (Å²) in [6, 6.07) is 11.7. The van der Waals surface area contributed by atoms with E-state index in [9.17, 15) is 9.59 Å². The van der Waals surface area contributed by atoms with Crippen LogP contribution < -0.4 is 30.0 Å². The number of methoxy groups -OCH3 is 2. The number of amides is 1. The minimum atomic E-state index is -0.307. The highest BCUT2D eigenvalue weighted by Gasteiger charge is 2.27. The first-order chi connectivity index (χ1) is 17.2. The summed E-state index contributed by atoms with van der Waals surface area (Å²) in [5, 5.41) is 2.93. The Balaban J connectivity index is 1.77. The second kappa shape index (κ2) is 10.4.